The van der Waals surface area contributed by atoms with Gasteiger partial charge in [0.25, 0.3) is 5.91 Å². The number of ether oxygens (including phenoxy) is 1. The van der Waals surface area contributed by atoms with Crippen LogP contribution in [0, 0.1) is 0 Å². The first kappa shape index (κ1) is 24.1. The van der Waals surface area contributed by atoms with Gasteiger partial charge in [-0.05, 0) is 71.2 Å². The van der Waals surface area contributed by atoms with Crippen LogP contribution in [-0.2, 0) is 16.0 Å². The van der Waals surface area contributed by atoms with E-state index in [4.69, 9.17) is 4.74 Å². The molecule has 0 aliphatic carbocycles. The molecule has 0 aliphatic rings. The second kappa shape index (κ2) is 10.4. The number of rotatable bonds is 8. The highest BCUT2D eigenvalue weighted by atomic mass is 32.3. The van der Waals surface area contributed by atoms with Gasteiger partial charge in [0.1, 0.15) is 11.8 Å². The average molecular weight is 468 g/mol. The van der Waals surface area contributed by atoms with Crippen LogP contribution in [0.2, 0.25) is 0 Å². The first-order valence-corrected chi connectivity index (χ1v) is 13.2. The highest BCUT2D eigenvalue weighted by Gasteiger charge is 2.23. The van der Waals surface area contributed by atoms with Crippen LogP contribution < -0.4 is 20.9 Å². The van der Waals surface area contributed by atoms with Crippen molar-refractivity contribution < 1.29 is 14.3 Å². The Labute approximate surface area is 194 Å². The molecule has 1 aromatic heterocycles. The number of H-pyrrole nitrogens is 1. The molecule has 8 heteroatoms. The van der Waals surface area contributed by atoms with E-state index in [2.05, 4.69) is 34.4 Å². The second-order valence-electron chi connectivity index (χ2n) is 8.36. The maximum atomic E-state index is 13.2. The number of pyridine rings is 1. The van der Waals surface area contributed by atoms with E-state index in [9.17, 15) is 14.4 Å². The van der Waals surface area contributed by atoms with Gasteiger partial charge in [0, 0.05) is 18.0 Å². The molecule has 0 aliphatic heterocycles. The molecule has 0 radical (unpaired) electrons. The molecule has 3 N–H and O–H groups in total. The van der Waals surface area contributed by atoms with Crippen LogP contribution in [0.5, 0.6) is 5.75 Å². The van der Waals surface area contributed by atoms with Gasteiger partial charge in [0.2, 0.25) is 11.5 Å². The van der Waals surface area contributed by atoms with Crippen molar-refractivity contribution in [2.45, 2.75) is 17.4 Å². The summed E-state index contributed by atoms with van der Waals surface area (Å²) in [6.45, 7) is 0. The minimum Gasteiger partial charge on any atom is -0.497 e. The van der Waals surface area contributed by atoms with Gasteiger partial charge in [-0.2, -0.15) is 0 Å². The number of aromatic nitrogens is 1. The molecular weight excluding hydrogens is 438 g/mol. The van der Waals surface area contributed by atoms with Crippen molar-refractivity contribution in [2.75, 3.05) is 31.2 Å². The number of amides is 2. The molecule has 174 valence electrons. The Bertz CT molecular complexity index is 1150. The predicted octanol–water partition coefficient (Wildman–Crippen LogP) is 3.48. The second-order valence-corrected chi connectivity index (χ2v) is 12.5. The zero-order valence-corrected chi connectivity index (χ0v) is 20.0. The molecule has 1 heterocycles. The average Bonchev–Trinajstić information content (AvgIpc) is 2.79. The Balaban J connectivity index is 1.79. The van der Waals surface area contributed by atoms with E-state index >= 15 is 0 Å². The summed E-state index contributed by atoms with van der Waals surface area (Å²) in [7, 11) is 0.698. The molecule has 1 atom stereocenters. The first-order chi connectivity index (χ1) is 15.7. The highest BCUT2D eigenvalue weighted by molar-refractivity contribution is 8.32. The SMILES string of the molecule is COc1ccc(C(NC(=O)Cc2ccc(=O)[nH]c2)C(=O)Nc2ccc(S(C)(C)C)cc2)cc1. The quantitative estimate of drug-likeness (QED) is 0.472. The standard InChI is InChI=1S/C25H29N3O4S/c1-32-20-10-6-18(7-11-20)24(28-23(30)15-17-5-14-22(29)26-16-17)25(31)27-19-8-12-21(13-9-19)33(2,3)4/h5-14,16,24H,15H2,1-4H3,(H,26,29)(H,27,31)(H,28,30). The summed E-state index contributed by atoms with van der Waals surface area (Å²) in [4.78, 5) is 40.9. The fourth-order valence-electron chi connectivity index (χ4n) is 3.21. The normalized spacial score (nSPS) is 12.5. The molecule has 33 heavy (non-hydrogen) atoms. The number of hydrogen-bond donors (Lipinski definition) is 3. The zero-order valence-electron chi connectivity index (χ0n) is 19.2. The van der Waals surface area contributed by atoms with Crippen LogP contribution in [0.4, 0.5) is 5.69 Å². The third-order valence-electron chi connectivity index (χ3n) is 5.06. The predicted molar refractivity (Wildman–Crippen MR) is 133 cm³/mol. The molecule has 0 saturated heterocycles. The summed E-state index contributed by atoms with van der Waals surface area (Å²) in [6.07, 6.45) is 8.14. The summed E-state index contributed by atoms with van der Waals surface area (Å²) >= 11 is 0. The van der Waals surface area contributed by atoms with E-state index in [0.29, 0.717) is 22.6 Å². The van der Waals surface area contributed by atoms with Gasteiger partial charge >= 0.3 is 0 Å². The molecule has 7 nitrogen and oxygen atoms in total. The summed E-state index contributed by atoms with van der Waals surface area (Å²) in [5.74, 6) is -0.0479. The molecule has 2 amide bonds. The lowest BCUT2D eigenvalue weighted by Crippen LogP contribution is -2.37. The number of anilines is 1. The lowest BCUT2D eigenvalue weighted by molar-refractivity contribution is -0.126. The zero-order chi connectivity index (χ0) is 24.0. The van der Waals surface area contributed by atoms with E-state index in [-0.39, 0.29) is 23.8 Å². The number of aromatic amines is 1. The number of benzene rings is 2. The van der Waals surface area contributed by atoms with Gasteiger partial charge < -0.3 is 20.4 Å². The third kappa shape index (κ3) is 6.73. The van der Waals surface area contributed by atoms with Crippen molar-refractivity contribution >= 4 is 27.5 Å². The number of hydrogen-bond acceptors (Lipinski definition) is 4. The Morgan fingerprint density at radius 1 is 0.970 bits per heavy atom. The first-order valence-electron chi connectivity index (χ1n) is 10.4. The van der Waals surface area contributed by atoms with Crippen LogP contribution in [0.15, 0.2) is 76.6 Å². The van der Waals surface area contributed by atoms with Crippen molar-refractivity contribution in [3.63, 3.8) is 0 Å². The number of carbonyl (C=O) groups excluding carboxylic acids is 2. The van der Waals surface area contributed by atoms with E-state index in [0.717, 1.165) is 0 Å². The molecular formula is C25H29N3O4S. The Kier molecular flexibility index (Phi) is 7.60. The summed E-state index contributed by atoms with van der Waals surface area (Å²) in [6, 6.07) is 16.8. The fourth-order valence-corrected chi connectivity index (χ4v) is 4.16. The fraction of sp³-hybridized carbons (Fsp3) is 0.240. The maximum absolute atomic E-state index is 13.2. The van der Waals surface area contributed by atoms with E-state index in [1.54, 1.807) is 37.4 Å². The third-order valence-corrected chi connectivity index (χ3v) is 6.75. The van der Waals surface area contributed by atoms with E-state index in [1.807, 2.05) is 24.3 Å². The van der Waals surface area contributed by atoms with Gasteiger partial charge in [0.15, 0.2) is 0 Å². The number of nitrogens with one attached hydrogen (secondary N) is 3. The minimum absolute atomic E-state index is 0.0276. The summed E-state index contributed by atoms with van der Waals surface area (Å²) in [5.41, 5.74) is 1.68. The molecule has 0 saturated carbocycles. The number of methoxy groups -OCH3 is 1. The lowest BCUT2D eigenvalue weighted by Gasteiger charge is -2.26. The van der Waals surface area contributed by atoms with Crippen LogP contribution in [0.25, 0.3) is 0 Å². The molecule has 0 spiro atoms. The monoisotopic (exact) mass is 467 g/mol. The lowest BCUT2D eigenvalue weighted by atomic mass is 10.0. The number of carbonyl (C=O) groups is 2. The molecule has 3 rings (SSSR count). The van der Waals surface area contributed by atoms with Crippen LogP contribution >= 0.6 is 10.0 Å². The van der Waals surface area contributed by atoms with Crippen molar-refractivity contribution in [3.05, 3.63) is 88.3 Å². The van der Waals surface area contributed by atoms with Crippen molar-refractivity contribution in [1.29, 1.82) is 0 Å². The van der Waals surface area contributed by atoms with Crippen molar-refractivity contribution in [2.24, 2.45) is 0 Å². The van der Waals surface area contributed by atoms with Crippen molar-refractivity contribution in [3.8, 4) is 5.75 Å². The summed E-state index contributed by atoms with van der Waals surface area (Å²) < 4.78 is 5.20. The van der Waals surface area contributed by atoms with Gasteiger partial charge in [-0.15, -0.1) is 0 Å². The maximum Gasteiger partial charge on any atom is 0.251 e. The smallest absolute Gasteiger partial charge is 0.251 e. The summed E-state index contributed by atoms with van der Waals surface area (Å²) in [5, 5.41) is 5.71. The van der Waals surface area contributed by atoms with Crippen LogP contribution in [0.3, 0.4) is 0 Å². The highest BCUT2D eigenvalue weighted by Crippen LogP contribution is 2.45. The van der Waals surface area contributed by atoms with Gasteiger partial charge in [0.05, 0.1) is 13.5 Å². The van der Waals surface area contributed by atoms with Gasteiger partial charge in [-0.1, -0.05) is 18.2 Å². The topological polar surface area (TPSA) is 100 Å². The molecule has 3 aromatic rings. The van der Waals surface area contributed by atoms with Gasteiger partial charge in [-0.3, -0.25) is 14.4 Å². The largest absolute Gasteiger partial charge is 0.497 e. The Morgan fingerprint density at radius 3 is 2.18 bits per heavy atom. The van der Waals surface area contributed by atoms with E-state index < -0.39 is 16.1 Å². The molecule has 2 aromatic carbocycles. The molecule has 0 fully saturated rings. The van der Waals surface area contributed by atoms with Crippen molar-refractivity contribution in [1.82, 2.24) is 10.3 Å². The van der Waals surface area contributed by atoms with Crippen LogP contribution in [-0.4, -0.2) is 42.7 Å². The molecule has 1 unspecified atom stereocenters. The van der Waals surface area contributed by atoms with E-state index in [1.165, 1.54) is 17.2 Å². The van der Waals surface area contributed by atoms with Crippen LogP contribution in [0.1, 0.15) is 17.2 Å². The Hall–Kier alpha value is -3.52. The Morgan fingerprint density at radius 2 is 1.64 bits per heavy atom. The van der Waals surface area contributed by atoms with Gasteiger partial charge in [-0.25, -0.2) is 10.0 Å². The molecule has 0 bridgehead atoms. The minimum atomic E-state index is -0.904.